The molecule has 1 atom stereocenters. The summed E-state index contributed by atoms with van der Waals surface area (Å²) in [4.78, 5) is 24.2. The molecule has 0 unspecified atom stereocenters. The van der Waals surface area contributed by atoms with Crippen molar-refractivity contribution in [2.24, 2.45) is 0 Å². The van der Waals surface area contributed by atoms with Crippen LogP contribution in [0.25, 0.3) is 0 Å². The van der Waals surface area contributed by atoms with Crippen molar-refractivity contribution in [3.63, 3.8) is 0 Å². The lowest BCUT2D eigenvalue weighted by molar-refractivity contribution is -0.139. The van der Waals surface area contributed by atoms with E-state index in [1.54, 1.807) is 14.0 Å². The molecule has 0 spiro atoms. The van der Waals surface area contributed by atoms with Gasteiger partial charge in [0.05, 0.1) is 0 Å². The van der Waals surface area contributed by atoms with E-state index in [0.717, 1.165) is 11.1 Å². The number of rotatable bonds is 5. The summed E-state index contributed by atoms with van der Waals surface area (Å²) in [6.07, 6.45) is 0.360. The molecule has 0 bridgehead atoms. The van der Waals surface area contributed by atoms with Gasteiger partial charge >= 0.3 is 12.0 Å². The normalized spacial score (nSPS) is 11.7. The van der Waals surface area contributed by atoms with Gasteiger partial charge in [-0.25, -0.2) is 9.59 Å². The molecule has 0 heterocycles. The van der Waals surface area contributed by atoms with E-state index in [-0.39, 0.29) is 6.03 Å². The Bertz CT molecular complexity index is 460. The monoisotopic (exact) mass is 264 g/mol. The van der Waals surface area contributed by atoms with Crippen LogP contribution in [0.15, 0.2) is 24.3 Å². The molecule has 0 aromatic heterocycles. The van der Waals surface area contributed by atoms with E-state index in [4.69, 9.17) is 5.11 Å². The van der Waals surface area contributed by atoms with Gasteiger partial charge in [-0.3, -0.25) is 0 Å². The number of carboxylic acid groups (broad SMARTS) is 1. The lowest BCUT2D eigenvalue weighted by Gasteiger charge is -2.21. The van der Waals surface area contributed by atoms with Crippen molar-refractivity contribution >= 4 is 12.0 Å². The highest BCUT2D eigenvalue weighted by molar-refractivity contribution is 5.82. The zero-order chi connectivity index (χ0) is 14.4. The number of carbonyl (C=O) groups is 2. The summed E-state index contributed by atoms with van der Waals surface area (Å²) in [7, 11) is 1.65. The number of benzene rings is 1. The third kappa shape index (κ3) is 4.62. The third-order valence-corrected chi connectivity index (χ3v) is 2.85. The van der Waals surface area contributed by atoms with E-state index in [1.165, 1.54) is 4.90 Å². The molecule has 0 aliphatic heterocycles. The Hall–Kier alpha value is -2.04. The van der Waals surface area contributed by atoms with Gasteiger partial charge in [-0.1, -0.05) is 36.8 Å². The minimum atomic E-state index is -1.01. The molecule has 1 aromatic carbocycles. The molecule has 5 nitrogen and oxygen atoms in total. The van der Waals surface area contributed by atoms with Gasteiger partial charge in [0.25, 0.3) is 0 Å². The van der Waals surface area contributed by atoms with E-state index in [9.17, 15) is 9.59 Å². The zero-order valence-corrected chi connectivity index (χ0v) is 11.5. The number of aryl methyl sites for hydroxylation is 1. The molecule has 2 N–H and O–H groups in total. The second kappa shape index (κ2) is 6.78. The molecular weight excluding hydrogens is 244 g/mol. The average molecular weight is 264 g/mol. The van der Waals surface area contributed by atoms with Crippen LogP contribution in [0.1, 0.15) is 24.5 Å². The predicted molar refractivity (Wildman–Crippen MR) is 72.9 cm³/mol. The fourth-order valence-electron chi connectivity index (χ4n) is 1.75. The number of carboxylic acids is 1. The van der Waals surface area contributed by atoms with Crippen LogP contribution in [0.4, 0.5) is 4.79 Å². The minimum Gasteiger partial charge on any atom is -0.480 e. The second-order valence-corrected chi connectivity index (χ2v) is 4.59. The van der Waals surface area contributed by atoms with E-state index in [1.807, 2.05) is 31.2 Å². The molecule has 5 heteroatoms. The first-order valence-electron chi connectivity index (χ1n) is 6.24. The van der Waals surface area contributed by atoms with E-state index in [2.05, 4.69) is 5.32 Å². The number of nitrogens with zero attached hydrogens (tertiary/aromatic N) is 1. The maximum Gasteiger partial charge on any atom is 0.326 e. The zero-order valence-electron chi connectivity index (χ0n) is 11.5. The van der Waals surface area contributed by atoms with Crippen LogP contribution in [-0.4, -0.2) is 35.1 Å². The van der Waals surface area contributed by atoms with Crippen molar-refractivity contribution in [1.82, 2.24) is 10.2 Å². The summed E-state index contributed by atoms with van der Waals surface area (Å²) in [5, 5.41) is 11.4. The maximum absolute atomic E-state index is 11.9. The Labute approximate surface area is 113 Å². The second-order valence-electron chi connectivity index (χ2n) is 4.59. The standard InChI is InChI=1S/C14H20N2O3/c1-4-12(13(17)18)15-14(19)16(3)9-11-7-5-6-10(2)8-11/h5-8,12H,4,9H2,1-3H3,(H,15,19)(H,17,18)/t12-/m0/s1. The molecule has 104 valence electrons. The third-order valence-electron chi connectivity index (χ3n) is 2.85. The average Bonchev–Trinajstić information content (AvgIpc) is 2.35. The number of hydrogen-bond acceptors (Lipinski definition) is 2. The van der Waals surface area contributed by atoms with Crippen LogP contribution < -0.4 is 5.32 Å². The fraction of sp³-hybridized carbons (Fsp3) is 0.429. The SMILES string of the molecule is CC[C@H](NC(=O)N(C)Cc1cccc(C)c1)C(=O)O. The molecular formula is C14H20N2O3. The van der Waals surface area contributed by atoms with Crippen LogP contribution in [0.2, 0.25) is 0 Å². The smallest absolute Gasteiger partial charge is 0.326 e. The Morgan fingerprint density at radius 3 is 2.63 bits per heavy atom. The molecule has 1 rings (SSSR count). The van der Waals surface area contributed by atoms with Crippen LogP contribution in [-0.2, 0) is 11.3 Å². The van der Waals surface area contributed by atoms with Gasteiger partial charge in [0.2, 0.25) is 0 Å². The number of carbonyl (C=O) groups excluding carboxylic acids is 1. The van der Waals surface area contributed by atoms with Crippen LogP contribution in [0.5, 0.6) is 0 Å². The molecule has 0 fully saturated rings. The highest BCUT2D eigenvalue weighted by Gasteiger charge is 2.19. The largest absolute Gasteiger partial charge is 0.480 e. The number of urea groups is 1. The van der Waals surface area contributed by atoms with Crippen LogP contribution in [0.3, 0.4) is 0 Å². The van der Waals surface area contributed by atoms with Gasteiger partial charge in [-0.2, -0.15) is 0 Å². The van der Waals surface area contributed by atoms with E-state index >= 15 is 0 Å². The lowest BCUT2D eigenvalue weighted by atomic mass is 10.1. The summed E-state index contributed by atoms with van der Waals surface area (Å²) >= 11 is 0. The first-order valence-corrected chi connectivity index (χ1v) is 6.24. The highest BCUT2D eigenvalue weighted by atomic mass is 16.4. The minimum absolute atomic E-state index is 0.360. The van der Waals surface area contributed by atoms with Gasteiger partial charge < -0.3 is 15.3 Å². The van der Waals surface area contributed by atoms with Gasteiger partial charge in [0, 0.05) is 13.6 Å². The summed E-state index contributed by atoms with van der Waals surface area (Å²) < 4.78 is 0. The molecule has 0 radical (unpaired) electrons. The first kappa shape index (κ1) is 15.0. The topological polar surface area (TPSA) is 69.6 Å². The van der Waals surface area contributed by atoms with Crippen LogP contribution in [0, 0.1) is 6.92 Å². The number of aliphatic carboxylic acids is 1. The van der Waals surface area contributed by atoms with Gasteiger partial charge in [0.1, 0.15) is 6.04 Å². The Balaban J connectivity index is 2.60. The highest BCUT2D eigenvalue weighted by Crippen LogP contribution is 2.07. The summed E-state index contributed by atoms with van der Waals surface area (Å²) in [6, 6.07) is 6.64. The maximum atomic E-state index is 11.9. The predicted octanol–water partition coefficient (Wildman–Crippen LogP) is 2.00. The molecule has 0 saturated carbocycles. The molecule has 1 aromatic rings. The van der Waals surface area contributed by atoms with Crippen molar-refractivity contribution in [3.8, 4) is 0 Å². The fourth-order valence-corrected chi connectivity index (χ4v) is 1.75. The Morgan fingerprint density at radius 1 is 1.42 bits per heavy atom. The number of nitrogens with one attached hydrogen (secondary N) is 1. The molecule has 0 aliphatic rings. The van der Waals surface area contributed by atoms with Gasteiger partial charge in [-0.15, -0.1) is 0 Å². The number of hydrogen-bond donors (Lipinski definition) is 2. The van der Waals surface area contributed by atoms with E-state index < -0.39 is 12.0 Å². The van der Waals surface area contributed by atoms with Crippen molar-refractivity contribution in [2.45, 2.75) is 32.9 Å². The van der Waals surface area contributed by atoms with Crippen molar-refractivity contribution in [1.29, 1.82) is 0 Å². The number of amides is 2. The molecule has 0 saturated heterocycles. The molecule has 19 heavy (non-hydrogen) atoms. The summed E-state index contributed by atoms with van der Waals surface area (Å²) in [5.74, 6) is -1.01. The van der Waals surface area contributed by atoms with Gasteiger partial charge in [0.15, 0.2) is 0 Å². The Kier molecular flexibility index (Phi) is 5.36. The molecule has 0 aliphatic carbocycles. The first-order chi connectivity index (χ1) is 8.93. The van der Waals surface area contributed by atoms with Gasteiger partial charge in [-0.05, 0) is 18.9 Å². The van der Waals surface area contributed by atoms with Crippen molar-refractivity contribution < 1.29 is 14.7 Å². The van der Waals surface area contributed by atoms with Crippen molar-refractivity contribution in [3.05, 3.63) is 35.4 Å². The lowest BCUT2D eigenvalue weighted by Crippen LogP contribution is -2.46. The summed E-state index contributed by atoms with van der Waals surface area (Å²) in [5.41, 5.74) is 2.14. The van der Waals surface area contributed by atoms with Crippen molar-refractivity contribution in [2.75, 3.05) is 7.05 Å². The van der Waals surface area contributed by atoms with Crippen LogP contribution >= 0.6 is 0 Å². The van der Waals surface area contributed by atoms with E-state index in [0.29, 0.717) is 13.0 Å². The Morgan fingerprint density at radius 2 is 2.11 bits per heavy atom. The molecule has 2 amide bonds. The quantitative estimate of drug-likeness (QED) is 0.854. The summed E-state index contributed by atoms with van der Waals surface area (Å²) in [6.45, 7) is 4.16.